The summed E-state index contributed by atoms with van der Waals surface area (Å²) in [5, 5.41) is 10.1. The maximum atomic E-state index is 12.3. The van der Waals surface area contributed by atoms with Crippen molar-refractivity contribution >= 4 is 13.4 Å². The molecular weight excluding hydrogens is 307 g/mol. The van der Waals surface area contributed by atoms with Crippen LogP contribution in [-0.4, -0.2) is 37.4 Å². The van der Waals surface area contributed by atoms with Crippen molar-refractivity contribution < 1.29 is 28.3 Å². The molecule has 0 bridgehead atoms. The summed E-state index contributed by atoms with van der Waals surface area (Å²) in [6.45, 7) is 3.77. The molecule has 0 spiro atoms. The van der Waals surface area contributed by atoms with Crippen molar-refractivity contribution in [3.05, 3.63) is 29.8 Å². The van der Waals surface area contributed by atoms with Gasteiger partial charge in [-0.1, -0.05) is 12.1 Å². The van der Waals surface area contributed by atoms with E-state index in [1.165, 1.54) is 0 Å². The van der Waals surface area contributed by atoms with Gasteiger partial charge in [-0.2, -0.15) is 0 Å². The summed E-state index contributed by atoms with van der Waals surface area (Å²) in [6, 6.07) is 6.77. The van der Waals surface area contributed by atoms with E-state index < -0.39 is 13.7 Å². The fraction of sp³-hybridized carbons (Fsp3) is 0.533. The van der Waals surface area contributed by atoms with E-state index in [0.29, 0.717) is 11.3 Å². The van der Waals surface area contributed by atoms with Gasteiger partial charge in [0.05, 0.1) is 26.4 Å². The van der Waals surface area contributed by atoms with Gasteiger partial charge in [-0.15, -0.1) is 0 Å². The number of hydrogen-bond donors (Lipinski definition) is 1. The van der Waals surface area contributed by atoms with Crippen molar-refractivity contribution in [3.8, 4) is 5.75 Å². The second kappa shape index (κ2) is 9.06. The minimum atomic E-state index is -3.42. The van der Waals surface area contributed by atoms with Gasteiger partial charge in [-0.25, -0.2) is 0 Å². The SMILES string of the molecule is CCOP(=O)(CC(=O)C[C@@H](O)c1ccc(OC)cc1)OCC. The van der Waals surface area contributed by atoms with E-state index in [4.69, 9.17) is 13.8 Å². The first-order valence-corrected chi connectivity index (χ1v) is 8.88. The lowest BCUT2D eigenvalue weighted by molar-refractivity contribution is -0.118. The zero-order valence-corrected chi connectivity index (χ0v) is 14.0. The molecule has 0 saturated heterocycles. The van der Waals surface area contributed by atoms with E-state index in [1.807, 2.05) is 0 Å². The minimum Gasteiger partial charge on any atom is -0.497 e. The van der Waals surface area contributed by atoms with Crippen LogP contribution in [0.3, 0.4) is 0 Å². The first-order valence-electron chi connectivity index (χ1n) is 7.16. The Morgan fingerprint density at radius 1 is 1.18 bits per heavy atom. The van der Waals surface area contributed by atoms with Crippen LogP contribution < -0.4 is 4.74 Å². The Morgan fingerprint density at radius 2 is 1.73 bits per heavy atom. The van der Waals surface area contributed by atoms with Crippen molar-refractivity contribution in [2.45, 2.75) is 26.4 Å². The first kappa shape index (κ1) is 18.8. The molecular formula is C15H23O6P. The summed E-state index contributed by atoms with van der Waals surface area (Å²) < 4.78 is 27.4. The van der Waals surface area contributed by atoms with Crippen molar-refractivity contribution in [3.63, 3.8) is 0 Å². The van der Waals surface area contributed by atoms with Crippen LogP contribution in [0.25, 0.3) is 0 Å². The highest BCUT2D eigenvalue weighted by Gasteiger charge is 2.28. The van der Waals surface area contributed by atoms with Crippen LogP contribution in [0.1, 0.15) is 31.9 Å². The summed E-state index contributed by atoms with van der Waals surface area (Å²) in [5.41, 5.74) is 0.594. The number of aliphatic hydroxyl groups excluding tert-OH is 1. The number of benzene rings is 1. The number of carbonyl (C=O) groups is 1. The summed E-state index contributed by atoms with van der Waals surface area (Å²) >= 11 is 0. The standard InChI is InChI=1S/C15H23O6P/c1-4-20-22(18,21-5-2)11-13(16)10-15(17)12-6-8-14(19-3)9-7-12/h6-9,15,17H,4-5,10-11H2,1-3H3/t15-/m1/s1. The number of ether oxygens (including phenoxy) is 1. The van der Waals surface area contributed by atoms with Crippen LogP contribution in [0, 0.1) is 0 Å². The molecule has 0 aliphatic rings. The van der Waals surface area contributed by atoms with Crippen molar-refractivity contribution in [1.29, 1.82) is 0 Å². The van der Waals surface area contributed by atoms with Crippen LogP contribution in [-0.2, 0) is 18.4 Å². The summed E-state index contributed by atoms with van der Waals surface area (Å²) in [5.74, 6) is 0.299. The quantitative estimate of drug-likeness (QED) is 0.664. The molecule has 0 saturated carbocycles. The van der Waals surface area contributed by atoms with E-state index in [-0.39, 0.29) is 31.6 Å². The fourth-order valence-electron chi connectivity index (χ4n) is 1.96. The normalized spacial score (nSPS) is 12.9. The molecule has 1 N–H and O–H groups in total. The Morgan fingerprint density at radius 3 is 2.18 bits per heavy atom. The monoisotopic (exact) mass is 330 g/mol. The van der Waals surface area contributed by atoms with Gasteiger partial charge in [0.1, 0.15) is 17.7 Å². The summed E-state index contributed by atoms with van der Waals surface area (Å²) in [7, 11) is -1.87. The van der Waals surface area contributed by atoms with Crippen molar-refractivity contribution in [2.75, 3.05) is 26.5 Å². The molecule has 22 heavy (non-hydrogen) atoms. The molecule has 1 atom stereocenters. The maximum Gasteiger partial charge on any atom is 0.338 e. The third kappa shape index (κ3) is 5.89. The van der Waals surface area contributed by atoms with Crippen LogP contribution in [0.15, 0.2) is 24.3 Å². The number of methoxy groups -OCH3 is 1. The molecule has 0 radical (unpaired) electrons. The zero-order chi connectivity index (χ0) is 16.6. The largest absolute Gasteiger partial charge is 0.497 e. The average Bonchev–Trinajstić information content (AvgIpc) is 2.47. The highest BCUT2D eigenvalue weighted by atomic mass is 31.2. The third-order valence-corrected chi connectivity index (χ3v) is 4.99. The van der Waals surface area contributed by atoms with E-state index in [9.17, 15) is 14.5 Å². The molecule has 0 fully saturated rings. The molecule has 0 unspecified atom stereocenters. The molecule has 0 aliphatic carbocycles. The van der Waals surface area contributed by atoms with Gasteiger partial charge < -0.3 is 18.9 Å². The molecule has 0 heterocycles. The molecule has 0 aromatic heterocycles. The highest BCUT2D eigenvalue weighted by Crippen LogP contribution is 2.48. The first-order chi connectivity index (χ1) is 10.4. The Bertz CT molecular complexity index is 503. The summed E-state index contributed by atoms with van der Waals surface area (Å²) in [6.07, 6.45) is -1.44. The molecule has 1 aromatic rings. The number of rotatable bonds is 10. The Kier molecular flexibility index (Phi) is 7.76. The lowest BCUT2D eigenvalue weighted by Crippen LogP contribution is -2.13. The number of aliphatic hydroxyl groups is 1. The minimum absolute atomic E-state index is 0.142. The van der Waals surface area contributed by atoms with Gasteiger partial charge in [0.25, 0.3) is 0 Å². The molecule has 0 aliphatic heterocycles. The van der Waals surface area contributed by atoms with Crippen LogP contribution in [0.5, 0.6) is 5.75 Å². The average molecular weight is 330 g/mol. The second-order valence-corrected chi connectivity index (χ2v) is 6.69. The lowest BCUT2D eigenvalue weighted by Gasteiger charge is -2.17. The van der Waals surface area contributed by atoms with Crippen LogP contribution in [0.4, 0.5) is 0 Å². The predicted molar refractivity (Wildman–Crippen MR) is 83.3 cm³/mol. The fourth-order valence-corrected chi connectivity index (χ4v) is 3.57. The third-order valence-electron chi connectivity index (χ3n) is 2.94. The Hall–Kier alpha value is -1.20. The van der Waals surface area contributed by atoms with E-state index in [1.54, 1.807) is 45.2 Å². The van der Waals surface area contributed by atoms with Gasteiger partial charge in [-0.05, 0) is 31.5 Å². The van der Waals surface area contributed by atoms with Crippen molar-refractivity contribution in [1.82, 2.24) is 0 Å². The van der Waals surface area contributed by atoms with E-state index >= 15 is 0 Å². The maximum absolute atomic E-state index is 12.3. The highest BCUT2D eigenvalue weighted by molar-refractivity contribution is 7.54. The molecule has 1 aromatic carbocycles. The van der Waals surface area contributed by atoms with Crippen molar-refractivity contribution in [2.24, 2.45) is 0 Å². The molecule has 6 nitrogen and oxygen atoms in total. The molecule has 0 amide bonds. The van der Waals surface area contributed by atoms with Gasteiger partial charge in [0, 0.05) is 6.42 Å². The molecule has 7 heteroatoms. The van der Waals surface area contributed by atoms with Crippen LogP contribution in [0.2, 0.25) is 0 Å². The number of carbonyl (C=O) groups excluding carboxylic acids is 1. The van der Waals surface area contributed by atoms with Gasteiger partial charge >= 0.3 is 7.60 Å². The van der Waals surface area contributed by atoms with Crippen LogP contribution >= 0.6 is 7.60 Å². The zero-order valence-electron chi connectivity index (χ0n) is 13.2. The van der Waals surface area contributed by atoms with Gasteiger partial charge in [0.2, 0.25) is 0 Å². The second-order valence-electron chi connectivity index (χ2n) is 4.64. The summed E-state index contributed by atoms with van der Waals surface area (Å²) in [4.78, 5) is 12.0. The topological polar surface area (TPSA) is 82.1 Å². The lowest BCUT2D eigenvalue weighted by atomic mass is 10.0. The number of Topliss-reactive ketones (excluding diaryl/α,β-unsaturated/α-hetero) is 1. The smallest absolute Gasteiger partial charge is 0.338 e. The number of ketones is 1. The van der Waals surface area contributed by atoms with E-state index in [0.717, 1.165) is 0 Å². The van der Waals surface area contributed by atoms with E-state index in [2.05, 4.69) is 0 Å². The predicted octanol–water partition coefficient (Wildman–Crippen LogP) is 2.95. The van der Waals surface area contributed by atoms with Gasteiger partial charge in [0.15, 0.2) is 0 Å². The molecule has 124 valence electrons. The number of hydrogen-bond acceptors (Lipinski definition) is 6. The Balaban J connectivity index is 2.64. The molecule has 1 rings (SSSR count). The Labute approximate surface area is 130 Å². The van der Waals surface area contributed by atoms with Gasteiger partial charge in [-0.3, -0.25) is 9.36 Å².